The average molecular weight is 431 g/mol. The molecule has 14 heavy (non-hydrogen) atoms. The van der Waals surface area contributed by atoms with E-state index in [0.717, 1.165) is 19.8 Å². The van der Waals surface area contributed by atoms with Gasteiger partial charge in [-0.3, -0.25) is 0 Å². The molecule has 0 aliphatic carbocycles. The second-order valence-corrected chi connectivity index (χ2v) is 4.81. The van der Waals surface area contributed by atoms with Crippen molar-refractivity contribution in [2.45, 2.75) is 10.7 Å². The number of benzene rings is 1. The van der Waals surface area contributed by atoms with Gasteiger partial charge in [0.1, 0.15) is 0 Å². The summed E-state index contributed by atoms with van der Waals surface area (Å²) < 4.78 is 1.11. The summed E-state index contributed by atoms with van der Waals surface area (Å²) in [5, 5.41) is 5.16. The van der Waals surface area contributed by atoms with Crippen LogP contribution in [-0.2, 0) is 10.7 Å². The predicted octanol–water partition coefficient (Wildman–Crippen LogP) is 5.02. The first-order chi connectivity index (χ1) is 6.72. The van der Waals surface area contributed by atoms with E-state index < -0.39 is 0 Å². The highest BCUT2D eigenvalue weighted by atomic mass is 127. The van der Waals surface area contributed by atoms with Crippen LogP contribution < -0.4 is 0 Å². The first-order valence-electron chi connectivity index (χ1n) is 3.71. The van der Waals surface area contributed by atoms with Crippen molar-refractivity contribution in [2.24, 2.45) is 5.11 Å². The lowest BCUT2D eigenvalue weighted by Gasteiger charge is -2.07. The van der Waals surface area contributed by atoms with E-state index in [4.69, 9.17) is 5.53 Å². The van der Waals surface area contributed by atoms with Crippen LogP contribution >= 0.6 is 54.5 Å². The smallest absolute Gasteiger partial charge is 0.0389 e. The summed E-state index contributed by atoms with van der Waals surface area (Å²) in [6, 6.07) is 3.77. The van der Waals surface area contributed by atoms with E-state index in [1.165, 1.54) is 5.56 Å². The van der Waals surface area contributed by atoms with Crippen molar-refractivity contribution in [1.29, 1.82) is 0 Å². The third-order valence-corrected chi connectivity index (χ3v) is 3.84. The minimum atomic E-state index is 0.663. The van der Waals surface area contributed by atoms with Crippen molar-refractivity contribution in [2.75, 3.05) is 0 Å². The highest BCUT2D eigenvalue weighted by Gasteiger charge is 2.06. The Balaban J connectivity index is 3.30. The van der Waals surface area contributed by atoms with Gasteiger partial charge in [-0.15, -0.1) is 0 Å². The van der Waals surface area contributed by atoms with Crippen LogP contribution in [0.4, 0.5) is 5.69 Å². The van der Waals surface area contributed by atoms with Crippen molar-refractivity contribution in [3.8, 4) is 0 Å². The molecule has 1 rings (SSSR count). The number of nitrogens with zero attached hydrogens (tertiary/aromatic N) is 3. The first-order valence-corrected chi connectivity index (χ1v) is 7.03. The van der Waals surface area contributed by atoms with Gasteiger partial charge in [0.25, 0.3) is 0 Å². The van der Waals surface area contributed by atoms with E-state index >= 15 is 0 Å². The molecular weight excluding hydrogens is 425 g/mol. The quantitative estimate of drug-likeness (QED) is 0.212. The Bertz CT molecular complexity index is 388. The summed E-state index contributed by atoms with van der Waals surface area (Å²) >= 11 is 9.08. The van der Waals surface area contributed by atoms with Crippen molar-refractivity contribution in [3.63, 3.8) is 0 Å². The van der Waals surface area contributed by atoms with Crippen LogP contribution in [0.1, 0.15) is 11.1 Å². The molecule has 0 aliphatic rings. The fraction of sp³-hybridized carbons (Fsp3) is 0.250. The Morgan fingerprint density at radius 1 is 1.36 bits per heavy atom. The van der Waals surface area contributed by atoms with Gasteiger partial charge in [0.05, 0.1) is 0 Å². The van der Waals surface area contributed by atoms with E-state index in [1.54, 1.807) is 0 Å². The number of rotatable bonds is 3. The molecule has 74 valence electrons. The van der Waals surface area contributed by atoms with Gasteiger partial charge in [0, 0.05) is 24.8 Å². The van der Waals surface area contributed by atoms with Gasteiger partial charge in [-0.1, -0.05) is 37.0 Å². The number of hydrogen-bond donors (Lipinski definition) is 0. The fourth-order valence-corrected chi connectivity index (χ4v) is 3.60. The second-order valence-electron chi connectivity index (χ2n) is 2.52. The largest absolute Gasteiger partial charge is 0.0876 e. The average Bonchev–Trinajstić information content (AvgIpc) is 2.17. The molecule has 0 aliphatic heterocycles. The van der Waals surface area contributed by atoms with Crippen LogP contribution in [0.5, 0.6) is 0 Å². The van der Waals surface area contributed by atoms with Crippen LogP contribution in [0.2, 0.25) is 0 Å². The Kier molecular flexibility index (Phi) is 5.22. The summed E-state index contributed by atoms with van der Waals surface area (Å²) in [4.78, 5) is 2.77. The third-order valence-electron chi connectivity index (χ3n) is 1.71. The van der Waals surface area contributed by atoms with E-state index in [2.05, 4.69) is 64.5 Å². The summed E-state index contributed by atoms with van der Waals surface area (Å²) in [5.74, 6) is 0. The van der Waals surface area contributed by atoms with Crippen LogP contribution in [0, 0.1) is 3.57 Å². The van der Waals surface area contributed by atoms with Gasteiger partial charge in [0.15, 0.2) is 0 Å². The zero-order chi connectivity index (χ0) is 10.6. The summed E-state index contributed by atoms with van der Waals surface area (Å²) in [5.41, 5.74) is 11.4. The van der Waals surface area contributed by atoms with Crippen molar-refractivity contribution in [1.82, 2.24) is 0 Å². The van der Waals surface area contributed by atoms with Gasteiger partial charge in [-0.2, -0.15) is 0 Å². The molecule has 0 bridgehead atoms. The number of azide groups is 1. The van der Waals surface area contributed by atoms with Gasteiger partial charge < -0.3 is 0 Å². The lowest BCUT2D eigenvalue weighted by molar-refractivity contribution is 1.26. The van der Waals surface area contributed by atoms with E-state index in [1.807, 2.05) is 12.1 Å². The molecule has 0 saturated heterocycles. The maximum Gasteiger partial charge on any atom is 0.0389 e. The molecule has 0 spiro atoms. The Labute approximate surface area is 112 Å². The number of alkyl halides is 2. The molecule has 0 atom stereocenters. The van der Waals surface area contributed by atoms with Crippen LogP contribution in [-0.4, -0.2) is 0 Å². The molecule has 0 unspecified atom stereocenters. The zero-order valence-electron chi connectivity index (χ0n) is 7.04. The third kappa shape index (κ3) is 2.85. The molecule has 6 heteroatoms. The van der Waals surface area contributed by atoms with E-state index in [9.17, 15) is 0 Å². The minimum Gasteiger partial charge on any atom is -0.0876 e. The lowest BCUT2D eigenvalue weighted by atomic mass is 10.1. The van der Waals surface area contributed by atoms with Gasteiger partial charge >= 0.3 is 0 Å². The van der Waals surface area contributed by atoms with E-state index in [-0.39, 0.29) is 0 Å². The molecule has 3 nitrogen and oxygen atoms in total. The number of halogens is 3. The van der Waals surface area contributed by atoms with Crippen molar-refractivity contribution in [3.05, 3.63) is 37.3 Å². The predicted molar refractivity (Wildman–Crippen MR) is 73.2 cm³/mol. The lowest BCUT2D eigenvalue weighted by Crippen LogP contribution is -1.91. The highest BCUT2D eigenvalue weighted by Crippen LogP contribution is 2.27. The molecule has 1 aromatic carbocycles. The molecule has 0 aromatic heterocycles. The SMILES string of the molecule is [N-]=[N+]=Nc1cc(I)c(CBr)c(CBr)c1. The topological polar surface area (TPSA) is 48.8 Å². The Morgan fingerprint density at radius 3 is 2.57 bits per heavy atom. The van der Waals surface area contributed by atoms with E-state index in [0.29, 0.717) is 5.69 Å². The first kappa shape index (κ1) is 12.3. The summed E-state index contributed by atoms with van der Waals surface area (Å²) in [6.45, 7) is 0. The highest BCUT2D eigenvalue weighted by molar-refractivity contribution is 14.1. The van der Waals surface area contributed by atoms with Crippen LogP contribution in [0.25, 0.3) is 10.4 Å². The molecule has 0 saturated carbocycles. The summed E-state index contributed by atoms with van der Waals surface area (Å²) in [7, 11) is 0. The second kappa shape index (κ2) is 5.95. The number of hydrogen-bond acceptors (Lipinski definition) is 1. The normalized spacial score (nSPS) is 9.64. The van der Waals surface area contributed by atoms with Crippen LogP contribution in [0.3, 0.4) is 0 Å². The molecule has 1 aromatic rings. The maximum absolute atomic E-state index is 8.34. The standard InChI is InChI=1S/C8H6Br2IN3/c9-3-5-1-6(13-14-12)2-8(11)7(5)4-10/h1-2H,3-4H2. The fourth-order valence-electron chi connectivity index (χ4n) is 1.06. The molecule has 0 N–H and O–H groups in total. The van der Waals surface area contributed by atoms with Crippen LogP contribution in [0.15, 0.2) is 17.2 Å². The van der Waals surface area contributed by atoms with Gasteiger partial charge in [0.2, 0.25) is 0 Å². The minimum absolute atomic E-state index is 0.663. The van der Waals surface area contributed by atoms with Gasteiger partial charge in [-0.05, 0) is 51.4 Å². The summed E-state index contributed by atoms with van der Waals surface area (Å²) in [6.07, 6.45) is 0. The van der Waals surface area contributed by atoms with Crippen molar-refractivity contribution >= 4 is 60.1 Å². The Hall–Kier alpha value is 0.220. The zero-order valence-corrected chi connectivity index (χ0v) is 12.4. The molecule has 0 fully saturated rings. The van der Waals surface area contributed by atoms with Crippen molar-refractivity contribution < 1.29 is 0 Å². The maximum atomic E-state index is 8.34. The molecule has 0 radical (unpaired) electrons. The molecule has 0 heterocycles. The molecular formula is C8H6Br2IN3. The molecule has 0 amide bonds. The Morgan fingerprint density at radius 2 is 2.07 bits per heavy atom. The van der Waals surface area contributed by atoms with Gasteiger partial charge in [-0.25, -0.2) is 0 Å². The monoisotopic (exact) mass is 429 g/mol.